The molecule has 3 aliphatic rings. The molecule has 138 valence electrons. The second-order valence-electron chi connectivity index (χ2n) is 8.65. The molecule has 3 aliphatic heterocycles. The van der Waals surface area contributed by atoms with Crippen LogP contribution < -0.4 is 0 Å². The normalized spacial score (nSPS) is 27.4. The Kier molecular flexibility index (Phi) is 4.41. The van der Waals surface area contributed by atoms with Crippen LogP contribution in [0.4, 0.5) is 0 Å². The van der Waals surface area contributed by atoms with Crippen molar-refractivity contribution in [1.29, 1.82) is 0 Å². The number of benzene rings is 1. The fourth-order valence-corrected chi connectivity index (χ4v) is 6.33. The molecule has 0 saturated carbocycles. The number of thioether (sulfide) groups is 1. The number of nitrogens with zero attached hydrogens (tertiary/aromatic N) is 2. The van der Waals surface area contributed by atoms with Crippen molar-refractivity contribution >= 4 is 22.7 Å². The Balaban J connectivity index is 1.47. The van der Waals surface area contributed by atoms with Crippen LogP contribution in [-0.2, 0) is 13.1 Å². The van der Waals surface area contributed by atoms with Crippen LogP contribution in [0.25, 0.3) is 10.9 Å². The highest BCUT2D eigenvalue weighted by molar-refractivity contribution is 7.99. The molecule has 2 nitrogen and oxygen atoms in total. The van der Waals surface area contributed by atoms with Gasteiger partial charge in [0.2, 0.25) is 0 Å². The van der Waals surface area contributed by atoms with Gasteiger partial charge in [-0.3, -0.25) is 4.90 Å². The second kappa shape index (κ2) is 6.76. The largest absolute Gasteiger partial charge is 0.343 e. The van der Waals surface area contributed by atoms with Crippen molar-refractivity contribution in [2.75, 3.05) is 24.6 Å². The van der Waals surface area contributed by atoms with Gasteiger partial charge in [0.25, 0.3) is 0 Å². The molecule has 2 bridgehead atoms. The van der Waals surface area contributed by atoms with E-state index in [2.05, 4.69) is 59.4 Å². The molecule has 4 heterocycles. The van der Waals surface area contributed by atoms with E-state index in [1.54, 1.807) is 22.2 Å². The first-order valence-corrected chi connectivity index (χ1v) is 11.5. The first-order valence-electron chi connectivity index (χ1n) is 10.3. The standard InChI is InChI=1S/C23H30N2S/c1-16-3-4-21-20(12-16)23-19-6-8-24(13-19)14-22(23)25(21)9-5-17(2)11-18-7-10-26-15-18/h3-4,11-12,17,19H,5-10,13-15H2,1-2H3. The van der Waals surface area contributed by atoms with Gasteiger partial charge >= 0.3 is 0 Å². The number of fused-ring (bicyclic) bond motifs is 6. The van der Waals surface area contributed by atoms with Crippen LogP contribution in [0.1, 0.15) is 48.9 Å². The van der Waals surface area contributed by atoms with Crippen LogP contribution in [-0.4, -0.2) is 34.1 Å². The molecular weight excluding hydrogens is 336 g/mol. The summed E-state index contributed by atoms with van der Waals surface area (Å²) >= 11 is 2.09. The summed E-state index contributed by atoms with van der Waals surface area (Å²) in [5.74, 6) is 4.04. The monoisotopic (exact) mass is 366 g/mol. The van der Waals surface area contributed by atoms with Gasteiger partial charge in [-0.05, 0) is 62.1 Å². The quantitative estimate of drug-likeness (QED) is 0.675. The van der Waals surface area contributed by atoms with Gasteiger partial charge in [-0.1, -0.05) is 30.2 Å². The van der Waals surface area contributed by atoms with Gasteiger partial charge in [0, 0.05) is 47.9 Å². The molecule has 2 saturated heterocycles. The Hall–Kier alpha value is -1.19. The third-order valence-corrected chi connectivity index (χ3v) is 7.67. The molecule has 0 radical (unpaired) electrons. The lowest BCUT2D eigenvalue weighted by atomic mass is 9.93. The SMILES string of the molecule is Cc1ccc2c(c1)c1c(n2CCC(C)C=C2CCSC2)CN2CCC1C2. The molecule has 26 heavy (non-hydrogen) atoms. The topological polar surface area (TPSA) is 8.17 Å². The van der Waals surface area contributed by atoms with Crippen LogP contribution in [0.3, 0.4) is 0 Å². The molecule has 0 N–H and O–H groups in total. The van der Waals surface area contributed by atoms with E-state index < -0.39 is 0 Å². The third kappa shape index (κ3) is 2.93. The van der Waals surface area contributed by atoms with Crippen LogP contribution in [0.2, 0.25) is 0 Å². The van der Waals surface area contributed by atoms with E-state index in [9.17, 15) is 0 Å². The molecule has 3 unspecified atom stereocenters. The highest BCUT2D eigenvalue weighted by atomic mass is 32.2. The third-order valence-electron chi connectivity index (χ3n) is 6.61. The molecule has 3 atom stereocenters. The molecule has 1 aromatic carbocycles. The van der Waals surface area contributed by atoms with E-state index >= 15 is 0 Å². The fourth-order valence-electron chi connectivity index (χ4n) is 5.28. The Labute approximate surface area is 161 Å². The number of hydrogen-bond acceptors (Lipinski definition) is 2. The highest BCUT2D eigenvalue weighted by Gasteiger charge is 2.35. The number of aryl methyl sites for hydroxylation is 2. The van der Waals surface area contributed by atoms with Gasteiger partial charge in [0.1, 0.15) is 0 Å². The van der Waals surface area contributed by atoms with E-state index in [0.29, 0.717) is 5.92 Å². The Morgan fingerprint density at radius 3 is 3.12 bits per heavy atom. The predicted molar refractivity (Wildman–Crippen MR) is 113 cm³/mol. The number of rotatable bonds is 4. The van der Waals surface area contributed by atoms with E-state index in [-0.39, 0.29) is 0 Å². The fraction of sp³-hybridized carbons (Fsp3) is 0.565. The van der Waals surface area contributed by atoms with Gasteiger partial charge in [-0.25, -0.2) is 0 Å². The summed E-state index contributed by atoms with van der Waals surface area (Å²) in [6.45, 7) is 9.53. The molecule has 0 amide bonds. The van der Waals surface area contributed by atoms with Crippen molar-refractivity contribution in [3.05, 3.63) is 46.7 Å². The van der Waals surface area contributed by atoms with Gasteiger partial charge in [0.15, 0.2) is 0 Å². The summed E-state index contributed by atoms with van der Waals surface area (Å²) in [6.07, 6.45) is 6.48. The summed E-state index contributed by atoms with van der Waals surface area (Å²) in [4.78, 5) is 2.66. The minimum absolute atomic E-state index is 0.683. The zero-order valence-electron chi connectivity index (χ0n) is 16.1. The first kappa shape index (κ1) is 16.9. The zero-order valence-corrected chi connectivity index (χ0v) is 16.9. The van der Waals surface area contributed by atoms with E-state index in [4.69, 9.17) is 0 Å². The van der Waals surface area contributed by atoms with Crippen molar-refractivity contribution in [2.24, 2.45) is 5.92 Å². The first-order chi connectivity index (χ1) is 12.7. The second-order valence-corrected chi connectivity index (χ2v) is 9.75. The smallest absolute Gasteiger partial charge is 0.0486 e. The lowest BCUT2D eigenvalue weighted by Crippen LogP contribution is -2.26. The lowest BCUT2D eigenvalue weighted by molar-refractivity contribution is 0.303. The number of allylic oxidation sites excluding steroid dienone is 1. The summed E-state index contributed by atoms with van der Waals surface area (Å²) in [5, 5.41) is 1.55. The van der Waals surface area contributed by atoms with Crippen molar-refractivity contribution in [3.63, 3.8) is 0 Å². The number of hydrogen-bond donors (Lipinski definition) is 0. The van der Waals surface area contributed by atoms with Gasteiger partial charge in [-0.2, -0.15) is 11.8 Å². The maximum absolute atomic E-state index is 2.67. The summed E-state index contributed by atoms with van der Waals surface area (Å²) in [5.41, 5.74) is 7.87. The summed E-state index contributed by atoms with van der Waals surface area (Å²) in [7, 11) is 0. The molecule has 0 aliphatic carbocycles. The van der Waals surface area contributed by atoms with Crippen molar-refractivity contribution < 1.29 is 0 Å². The Morgan fingerprint density at radius 2 is 2.27 bits per heavy atom. The lowest BCUT2D eigenvalue weighted by Gasteiger charge is -2.25. The van der Waals surface area contributed by atoms with Crippen LogP contribution >= 0.6 is 11.8 Å². The maximum atomic E-state index is 2.67. The van der Waals surface area contributed by atoms with Crippen molar-refractivity contribution in [2.45, 2.75) is 52.1 Å². The average Bonchev–Trinajstić information content (AvgIpc) is 3.32. The van der Waals surface area contributed by atoms with Crippen LogP contribution in [0, 0.1) is 12.8 Å². The molecule has 5 rings (SSSR count). The van der Waals surface area contributed by atoms with Crippen LogP contribution in [0.5, 0.6) is 0 Å². The van der Waals surface area contributed by atoms with Crippen molar-refractivity contribution in [3.8, 4) is 0 Å². The van der Waals surface area contributed by atoms with Gasteiger partial charge < -0.3 is 4.57 Å². The average molecular weight is 367 g/mol. The highest BCUT2D eigenvalue weighted by Crippen LogP contribution is 2.42. The van der Waals surface area contributed by atoms with E-state index in [0.717, 1.165) is 19.0 Å². The number of aromatic nitrogens is 1. The molecular formula is C23H30N2S. The zero-order chi connectivity index (χ0) is 17.7. The predicted octanol–water partition coefficient (Wildman–Crippen LogP) is 5.34. The minimum Gasteiger partial charge on any atom is -0.343 e. The Morgan fingerprint density at radius 1 is 1.35 bits per heavy atom. The van der Waals surface area contributed by atoms with E-state index in [1.165, 1.54) is 54.9 Å². The maximum Gasteiger partial charge on any atom is 0.0486 e. The molecule has 3 heteroatoms. The summed E-state index contributed by atoms with van der Waals surface area (Å²) in [6, 6.07) is 7.12. The molecule has 2 fully saturated rings. The van der Waals surface area contributed by atoms with Gasteiger partial charge in [-0.15, -0.1) is 0 Å². The molecule has 0 spiro atoms. The molecule has 1 aromatic heterocycles. The van der Waals surface area contributed by atoms with Gasteiger partial charge in [0.05, 0.1) is 0 Å². The van der Waals surface area contributed by atoms with Crippen LogP contribution in [0.15, 0.2) is 29.8 Å². The van der Waals surface area contributed by atoms with E-state index in [1.807, 2.05) is 0 Å². The molecule has 2 aromatic rings. The minimum atomic E-state index is 0.683. The Bertz CT molecular complexity index is 855. The summed E-state index contributed by atoms with van der Waals surface area (Å²) < 4.78 is 2.67. The van der Waals surface area contributed by atoms with Crippen molar-refractivity contribution in [1.82, 2.24) is 9.47 Å².